The summed E-state index contributed by atoms with van der Waals surface area (Å²) in [6, 6.07) is 9.83. The SMILES string of the molecule is CC(C)(C)CN1Cc2c(cc(Cl)c3c2C=NC3)C[C@H](CC(=O)N2CCC3(CC2)C(=O)Nc2ccccc23)C1=O. The quantitative estimate of drug-likeness (QED) is 0.604. The van der Waals surface area contributed by atoms with Crippen molar-refractivity contribution in [1.29, 1.82) is 0 Å². The van der Waals surface area contributed by atoms with Gasteiger partial charge in [-0.1, -0.05) is 50.6 Å². The smallest absolute Gasteiger partial charge is 0.235 e. The fourth-order valence-electron chi connectivity index (χ4n) is 6.82. The van der Waals surface area contributed by atoms with Crippen LogP contribution in [0.15, 0.2) is 35.3 Å². The molecule has 0 unspecified atom stereocenters. The van der Waals surface area contributed by atoms with E-state index in [4.69, 9.17) is 11.6 Å². The first kappa shape index (κ1) is 26.1. The van der Waals surface area contributed by atoms with Crippen molar-refractivity contribution in [2.24, 2.45) is 16.3 Å². The summed E-state index contributed by atoms with van der Waals surface area (Å²) in [5.41, 5.74) is 5.44. The van der Waals surface area contributed by atoms with Gasteiger partial charge in [0.2, 0.25) is 17.7 Å². The molecule has 1 saturated heterocycles. The van der Waals surface area contributed by atoms with Crippen LogP contribution in [0, 0.1) is 11.3 Å². The highest BCUT2D eigenvalue weighted by Gasteiger charge is 2.49. The Labute approximate surface area is 234 Å². The maximum atomic E-state index is 13.9. The van der Waals surface area contributed by atoms with E-state index in [2.05, 4.69) is 31.1 Å². The molecule has 4 aliphatic rings. The number of likely N-dealkylation sites (tertiary alicyclic amines) is 1. The summed E-state index contributed by atoms with van der Waals surface area (Å²) in [6.45, 7) is 9.05. The number of halogens is 1. The summed E-state index contributed by atoms with van der Waals surface area (Å²) >= 11 is 6.64. The Kier molecular flexibility index (Phi) is 6.33. The Balaban J connectivity index is 1.23. The third kappa shape index (κ3) is 4.54. The van der Waals surface area contributed by atoms with Crippen LogP contribution in [0.5, 0.6) is 0 Å². The van der Waals surface area contributed by atoms with Gasteiger partial charge in [0.1, 0.15) is 0 Å². The highest BCUT2D eigenvalue weighted by Crippen LogP contribution is 2.45. The second-order valence-electron chi connectivity index (χ2n) is 12.7. The number of benzene rings is 2. The second kappa shape index (κ2) is 9.47. The number of carbonyl (C=O) groups is 3. The molecular formula is C31H35ClN4O3. The molecule has 1 atom stereocenters. The Bertz CT molecular complexity index is 1400. The van der Waals surface area contributed by atoms with Gasteiger partial charge in [-0.05, 0) is 53.5 Å². The molecular weight excluding hydrogens is 512 g/mol. The summed E-state index contributed by atoms with van der Waals surface area (Å²) in [4.78, 5) is 48.7. The lowest BCUT2D eigenvalue weighted by atomic mass is 9.73. The van der Waals surface area contributed by atoms with Gasteiger partial charge in [-0.15, -0.1) is 0 Å². The third-order valence-electron chi connectivity index (χ3n) is 8.75. The topological polar surface area (TPSA) is 82.1 Å². The Morgan fingerprint density at radius 2 is 1.90 bits per heavy atom. The molecule has 1 spiro atoms. The minimum absolute atomic E-state index is 0.0202. The van der Waals surface area contributed by atoms with E-state index in [0.717, 1.165) is 33.5 Å². The number of nitrogens with zero attached hydrogens (tertiary/aromatic N) is 3. The van der Waals surface area contributed by atoms with Gasteiger partial charge in [0.05, 0.1) is 17.9 Å². The van der Waals surface area contributed by atoms with Gasteiger partial charge < -0.3 is 15.1 Å². The molecule has 7 nitrogen and oxygen atoms in total. The number of amides is 3. The first-order valence-electron chi connectivity index (χ1n) is 13.9. The van der Waals surface area contributed by atoms with Crippen LogP contribution in [0.1, 0.15) is 67.9 Å². The molecule has 0 saturated carbocycles. The number of nitrogens with one attached hydrogen (secondary N) is 1. The summed E-state index contributed by atoms with van der Waals surface area (Å²) in [7, 11) is 0. The summed E-state index contributed by atoms with van der Waals surface area (Å²) in [6.07, 6.45) is 3.68. The number of anilines is 1. The van der Waals surface area contributed by atoms with Crippen molar-refractivity contribution in [2.45, 2.75) is 65.0 Å². The largest absolute Gasteiger partial charge is 0.343 e. The maximum Gasteiger partial charge on any atom is 0.235 e. The lowest BCUT2D eigenvalue weighted by Gasteiger charge is -2.38. The van der Waals surface area contributed by atoms with Crippen molar-refractivity contribution < 1.29 is 14.4 Å². The molecule has 39 heavy (non-hydrogen) atoms. The zero-order valence-electron chi connectivity index (χ0n) is 22.8. The molecule has 1 fully saturated rings. The molecule has 2 aromatic rings. The van der Waals surface area contributed by atoms with Crippen LogP contribution in [-0.4, -0.2) is 53.4 Å². The molecule has 4 heterocycles. The number of piperidine rings is 1. The van der Waals surface area contributed by atoms with Crippen LogP contribution in [0.3, 0.4) is 0 Å². The van der Waals surface area contributed by atoms with Crippen molar-refractivity contribution in [3.05, 3.63) is 63.2 Å². The van der Waals surface area contributed by atoms with Crippen LogP contribution in [-0.2, 0) is 39.3 Å². The van der Waals surface area contributed by atoms with E-state index in [1.165, 1.54) is 0 Å². The number of rotatable bonds is 3. The monoisotopic (exact) mass is 546 g/mol. The molecule has 0 aromatic heterocycles. The van der Waals surface area contributed by atoms with Crippen LogP contribution in [0.25, 0.3) is 0 Å². The number of hydrogen-bond donors (Lipinski definition) is 1. The minimum Gasteiger partial charge on any atom is -0.343 e. The standard InChI is InChI=1S/C31H35ClN4O3/c1-30(2,3)18-36-17-23-19(13-25(32)22-16-33-15-21(22)23)12-20(28(36)38)14-27(37)35-10-8-31(9-11-35)24-6-4-5-7-26(24)34-29(31)39/h4-7,13,15,20H,8-12,14,16-18H2,1-3H3,(H,34,39)/t20-/m1/s1. The Morgan fingerprint density at radius 3 is 2.64 bits per heavy atom. The van der Waals surface area contributed by atoms with E-state index in [9.17, 15) is 14.4 Å². The van der Waals surface area contributed by atoms with Crippen LogP contribution >= 0.6 is 11.6 Å². The molecule has 0 aliphatic carbocycles. The molecule has 0 bridgehead atoms. The van der Waals surface area contributed by atoms with Gasteiger partial charge in [0.15, 0.2) is 0 Å². The molecule has 4 aliphatic heterocycles. The lowest BCUT2D eigenvalue weighted by molar-refractivity contribution is -0.143. The van der Waals surface area contributed by atoms with Crippen molar-refractivity contribution in [1.82, 2.24) is 9.80 Å². The van der Waals surface area contributed by atoms with Crippen LogP contribution < -0.4 is 5.32 Å². The van der Waals surface area contributed by atoms with Crippen molar-refractivity contribution >= 4 is 41.2 Å². The van der Waals surface area contributed by atoms with E-state index in [-0.39, 0.29) is 29.6 Å². The molecule has 0 radical (unpaired) electrons. The summed E-state index contributed by atoms with van der Waals surface area (Å²) in [5.74, 6) is -0.438. The number of hydrogen-bond acceptors (Lipinski definition) is 4. The minimum atomic E-state index is -0.577. The van der Waals surface area contributed by atoms with E-state index in [0.29, 0.717) is 57.0 Å². The first-order chi connectivity index (χ1) is 18.6. The zero-order valence-corrected chi connectivity index (χ0v) is 23.6. The lowest BCUT2D eigenvalue weighted by Crippen LogP contribution is -2.49. The third-order valence-corrected chi connectivity index (χ3v) is 9.09. The Hall–Kier alpha value is -3.19. The number of carbonyl (C=O) groups excluding carboxylic acids is 3. The van der Waals surface area contributed by atoms with Gasteiger partial charge in [-0.25, -0.2) is 0 Å². The second-order valence-corrected chi connectivity index (χ2v) is 13.1. The van der Waals surface area contributed by atoms with Gasteiger partial charge in [0, 0.05) is 60.7 Å². The predicted octanol–water partition coefficient (Wildman–Crippen LogP) is 4.72. The molecule has 2 aromatic carbocycles. The normalized spacial score (nSPS) is 21.5. The van der Waals surface area contributed by atoms with Gasteiger partial charge in [0.25, 0.3) is 0 Å². The maximum absolute atomic E-state index is 13.9. The number of aliphatic imine (C=N–C) groups is 1. The average Bonchev–Trinajstić information content (AvgIpc) is 3.45. The van der Waals surface area contributed by atoms with Crippen LogP contribution in [0.2, 0.25) is 5.02 Å². The fraction of sp³-hybridized carbons (Fsp3) is 0.484. The average molecular weight is 547 g/mol. The Morgan fingerprint density at radius 1 is 1.15 bits per heavy atom. The summed E-state index contributed by atoms with van der Waals surface area (Å²) < 4.78 is 0. The van der Waals surface area contributed by atoms with Crippen molar-refractivity contribution in [2.75, 3.05) is 25.0 Å². The van der Waals surface area contributed by atoms with Crippen molar-refractivity contribution in [3.63, 3.8) is 0 Å². The van der Waals surface area contributed by atoms with E-state index < -0.39 is 11.3 Å². The summed E-state index contributed by atoms with van der Waals surface area (Å²) in [5, 5.41) is 3.70. The number of fused-ring (bicyclic) bond motifs is 5. The number of para-hydroxylation sites is 1. The van der Waals surface area contributed by atoms with E-state index in [1.807, 2.05) is 46.3 Å². The highest BCUT2D eigenvalue weighted by atomic mass is 35.5. The van der Waals surface area contributed by atoms with Gasteiger partial charge in [-0.3, -0.25) is 19.4 Å². The molecule has 6 rings (SSSR count). The van der Waals surface area contributed by atoms with E-state index >= 15 is 0 Å². The molecule has 204 valence electrons. The predicted molar refractivity (Wildman–Crippen MR) is 152 cm³/mol. The van der Waals surface area contributed by atoms with E-state index in [1.54, 1.807) is 0 Å². The fourth-order valence-corrected chi connectivity index (χ4v) is 7.11. The zero-order chi connectivity index (χ0) is 27.5. The highest BCUT2D eigenvalue weighted by molar-refractivity contribution is 6.32. The van der Waals surface area contributed by atoms with Gasteiger partial charge >= 0.3 is 0 Å². The van der Waals surface area contributed by atoms with Crippen molar-refractivity contribution in [3.8, 4) is 0 Å². The molecule has 3 amide bonds. The molecule has 1 N–H and O–H groups in total. The first-order valence-corrected chi connectivity index (χ1v) is 14.2. The molecule has 8 heteroatoms. The van der Waals surface area contributed by atoms with Crippen LogP contribution in [0.4, 0.5) is 5.69 Å². The van der Waals surface area contributed by atoms with Gasteiger partial charge in [-0.2, -0.15) is 0 Å².